The fourth-order valence-corrected chi connectivity index (χ4v) is 2.99. The lowest BCUT2D eigenvalue weighted by molar-refractivity contribution is 0.0395. The Kier molecular flexibility index (Phi) is 3.88. The van der Waals surface area contributed by atoms with Crippen molar-refractivity contribution in [2.24, 2.45) is 5.73 Å². The topological polar surface area (TPSA) is 32.5 Å². The summed E-state index contributed by atoms with van der Waals surface area (Å²) in [6.45, 7) is 10.5. The molecule has 2 rings (SSSR count). The third kappa shape index (κ3) is 2.96. The summed E-state index contributed by atoms with van der Waals surface area (Å²) >= 11 is 0. The van der Waals surface area contributed by atoms with E-state index in [4.69, 9.17) is 5.73 Å². The Bertz CT molecular complexity index is 227. The van der Waals surface area contributed by atoms with Crippen LogP contribution in [0.1, 0.15) is 39.5 Å². The molecule has 3 heteroatoms. The Morgan fingerprint density at radius 3 is 2.81 bits per heavy atom. The summed E-state index contributed by atoms with van der Waals surface area (Å²) < 4.78 is 0. The maximum Gasteiger partial charge on any atom is 0.0252 e. The maximum atomic E-state index is 6.26. The molecule has 0 spiro atoms. The van der Waals surface area contributed by atoms with Crippen molar-refractivity contribution in [3.05, 3.63) is 0 Å². The SMILES string of the molecule is CCC(C)(N)CN1CCN2CCCCC2C1. The number of fused-ring (bicyclic) bond motifs is 1. The number of rotatable bonds is 3. The molecule has 2 aliphatic heterocycles. The molecule has 0 amide bonds. The molecule has 16 heavy (non-hydrogen) atoms. The molecule has 2 heterocycles. The van der Waals surface area contributed by atoms with Gasteiger partial charge in [-0.2, -0.15) is 0 Å². The highest BCUT2D eigenvalue weighted by atomic mass is 15.3. The number of nitrogens with two attached hydrogens (primary N) is 1. The molecule has 0 aromatic carbocycles. The molecule has 2 fully saturated rings. The van der Waals surface area contributed by atoms with Gasteiger partial charge in [0, 0.05) is 37.8 Å². The van der Waals surface area contributed by atoms with E-state index in [0.717, 1.165) is 19.0 Å². The standard InChI is InChI=1S/C13H27N3/c1-3-13(2,14)11-15-8-9-16-7-5-4-6-12(16)10-15/h12H,3-11,14H2,1-2H3. The fourth-order valence-electron chi connectivity index (χ4n) is 2.99. The summed E-state index contributed by atoms with van der Waals surface area (Å²) in [7, 11) is 0. The summed E-state index contributed by atoms with van der Waals surface area (Å²) in [4.78, 5) is 5.26. The molecule has 2 N–H and O–H groups in total. The molecule has 0 radical (unpaired) electrons. The van der Waals surface area contributed by atoms with Crippen LogP contribution in [0.4, 0.5) is 0 Å². The van der Waals surface area contributed by atoms with Gasteiger partial charge in [-0.15, -0.1) is 0 Å². The van der Waals surface area contributed by atoms with Gasteiger partial charge in [-0.1, -0.05) is 13.3 Å². The molecule has 2 unspecified atom stereocenters. The van der Waals surface area contributed by atoms with E-state index in [-0.39, 0.29) is 5.54 Å². The van der Waals surface area contributed by atoms with Crippen LogP contribution < -0.4 is 5.73 Å². The average molecular weight is 225 g/mol. The first-order valence-corrected chi connectivity index (χ1v) is 6.86. The van der Waals surface area contributed by atoms with Gasteiger partial charge in [0.2, 0.25) is 0 Å². The molecule has 0 saturated carbocycles. The van der Waals surface area contributed by atoms with Crippen LogP contribution in [0.15, 0.2) is 0 Å². The molecule has 0 aliphatic carbocycles. The van der Waals surface area contributed by atoms with Crippen LogP contribution in [0, 0.1) is 0 Å². The van der Waals surface area contributed by atoms with E-state index in [1.165, 1.54) is 45.4 Å². The second-order valence-corrected chi connectivity index (χ2v) is 5.93. The van der Waals surface area contributed by atoms with Gasteiger partial charge in [-0.3, -0.25) is 9.80 Å². The quantitative estimate of drug-likeness (QED) is 0.785. The third-order valence-corrected chi connectivity index (χ3v) is 4.31. The van der Waals surface area contributed by atoms with Crippen LogP contribution in [0.2, 0.25) is 0 Å². The lowest BCUT2D eigenvalue weighted by Gasteiger charge is -2.45. The van der Waals surface area contributed by atoms with E-state index in [2.05, 4.69) is 23.6 Å². The Morgan fingerprint density at radius 1 is 1.25 bits per heavy atom. The first kappa shape index (κ1) is 12.3. The van der Waals surface area contributed by atoms with Gasteiger partial charge in [0.05, 0.1) is 0 Å². The van der Waals surface area contributed by atoms with Gasteiger partial charge in [0.25, 0.3) is 0 Å². The van der Waals surface area contributed by atoms with E-state index in [1.807, 2.05) is 0 Å². The Labute approximate surface area is 100.0 Å². The molecule has 94 valence electrons. The molecule has 0 aromatic heterocycles. The van der Waals surface area contributed by atoms with Crippen LogP contribution in [0.5, 0.6) is 0 Å². The summed E-state index contributed by atoms with van der Waals surface area (Å²) in [5, 5.41) is 0. The summed E-state index contributed by atoms with van der Waals surface area (Å²) in [5.74, 6) is 0. The summed E-state index contributed by atoms with van der Waals surface area (Å²) in [6.07, 6.45) is 5.28. The van der Waals surface area contributed by atoms with Crippen LogP contribution >= 0.6 is 0 Å². The molecule has 2 saturated heterocycles. The minimum Gasteiger partial charge on any atom is -0.324 e. The van der Waals surface area contributed by atoms with E-state index in [9.17, 15) is 0 Å². The predicted octanol–water partition coefficient (Wildman–Crippen LogP) is 1.28. The molecule has 2 aliphatic rings. The van der Waals surface area contributed by atoms with Crippen molar-refractivity contribution in [1.29, 1.82) is 0 Å². The zero-order chi connectivity index (χ0) is 11.6. The third-order valence-electron chi connectivity index (χ3n) is 4.31. The van der Waals surface area contributed by atoms with E-state index in [1.54, 1.807) is 0 Å². The first-order chi connectivity index (χ1) is 7.61. The maximum absolute atomic E-state index is 6.26. The van der Waals surface area contributed by atoms with Gasteiger partial charge < -0.3 is 5.73 Å². The van der Waals surface area contributed by atoms with Crippen molar-refractivity contribution in [3.8, 4) is 0 Å². The van der Waals surface area contributed by atoms with Crippen LogP contribution in [0.25, 0.3) is 0 Å². The predicted molar refractivity (Wildman–Crippen MR) is 68.5 cm³/mol. The molecule has 2 atom stereocenters. The molecular formula is C13H27N3. The van der Waals surface area contributed by atoms with E-state index >= 15 is 0 Å². The zero-order valence-corrected chi connectivity index (χ0v) is 10.9. The van der Waals surface area contributed by atoms with Crippen LogP contribution in [-0.2, 0) is 0 Å². The van der Waals surface area contributed by atoms with Crippen LogP contribution in [0.3, 0.4) is 0 Å². The van der Waals surface area contributed by atoms with E-state index < -0.39 is 0 Å². The summed E-state index contributed by atoms with van der Waals surface area (Å²) in [5.41, 5.74) is 6.26. The Balaban J connectivity index is 1.85. The van der Waals surface area contributed by atoms with Crippen molar-refractivity contribution in [3.63, 3.8) is 0 Å². The van der Waals surface area contributed by atoms with Crippen molar-refractivity contribution >= 4 is 0 Å². The smallest absolute Gasteiger partial charge is 0.0252 e. The lowest BCUT2D eigenvalue weighted by atomic mass is 9.96. The second kappa shape index (κ2) is 5.03. The molecule has 0 bridgehead atoms. The van der Waals surface area contributed by atoms with Crippen molar-refractivity contribution < 1.29 is 0 Å². The number of hydrogen-bond donors (Lipinski definition) is 1. The van der Waals surface area contributed by atoms with Gasteiger partial charge in [0.15, 0.2) is 0 Å². The second-order valence-electron chi connectivity index (χ2n) is 5.93. The largest absolute Gasteiger partial charge is 0.324 e. The van der Waals surface area contributed by atoms with Crippen LogP contribution in [-0.4, -0.2) is 54.1 Å². The lowest BCUT2D eigenvalue weighted by Crippen LogP contribution is -2.58. The Morgan fingerprint density at radius 2 is 2.06 bits per heavy atom. The molecular weight excluding hydrogens is 198 g/mol. The highest BCUT2D eigenvalue weighted by molar-refractivity contribution is 4.89. The van der Waals surface area contributed by atoms with E-state index in [0.29, 0.717) is 0 Å². The van der Waals surface area contributed by atoms with Crippen molar-refractivity contribution in [2.75, 3.05) is 32.7 Å². The van der Waals surface area contributed by atoms with Gasteiger partial charge >= 0.3 is 0 Å². The highest BCUT2D eigenvalue weighted by Crippen LogP contribution is 2.22. The minimum atomic E-state index is -0.00314. The molecule has 3 nitrogen and oxygen atoms in total. The van der Waals surface area contributed by atoms with Crippen molar-refractivity contribution in [2.45, 2.75) is 51.1 Å². The number of piperidine rings is 1. The monoisotopic (exact) mass is 225 g/mol. The van der Waals surface area contributed by atoms with Gasteiger partial charge in [-0.25, -0.2) is 0 Å². The van der Waals surface area contributed by atoms with Gasteiger partial charge in [-0.05, 0) is 32.7 Å². The summed E-state index contributed by atoms with van der Waals surface area (Å²) in [6, 6.07) is 0.815. The molecule has 0 aromatic rings. The average Bonchev–Trinajstić information content (AvgIpc) is 2.28. The number of nitrogens with zero attached hydrogens (tertiary/aromatic N) is 2. The minimum absolute atomic E-state index is 0.00314. The first-order valence-electron chi connectivity index (χ1n) is 6.86. The normalized spacial score (nSPS) is 32.1. The Hall–Kier alpha value is -0.120. The number of hydrogen-bond acceptors (Lipinski definition) is 3. The highest BCUT2D eigenvalue weighted by Gasteiger charge is 2.31. The van der Waals surface area contributed by atoms with Crippen molar-refractivity contribution in [1.82, 2.24) is 9.80 Å². The zero-order valence-electron chi connectivity index (χ0n) is 10.9. The number of piperazine rings is 1. The fraction of sp³-hybridized carbons (Fsp3) is 1.00. The van der Waals surface area contributed by atoms with Gasteiger partial charge in [0.1, 0.15) is 0 Å².